The predicted octanol–water partition coefficient (Wildman–Crippen LogP) is 5.09. The summed E-state index contributed by atoms with van der Waals surface area (Å²) in [6.45, 7) is 6.90. The van der Waals surface area contributed by atoms with Crippen LogP contribution in [0, 0.1) is 0 Å². The first-order valence-corrected chi connectivity index (χ1v) is 10.6. The molecule has 0 heterocycles. The zero-order valence-electron chi connectivity index (χ0n) is 13.4. The van der Waals surface area contributed by atoms with E-state index >= 15 is 0 Å². The third kappa shape index (κ3) is 2.94. The normalized spacial score (nSPS) is 18.7. The van der Waals surface area contributed by atoms with Gasteiger partial charge >= 0.3 is 0 Å². The van der Waals surface area contributed by atoms with Crippen molar-refractivity contribution in [3.8, 4) is 5.75 Å². The average Bonchev–Trinajstić information content (AvgIpc) is 2.52. The maximum absolute atomic E-state index is 6.74. The molecule has 112 valence electrons. The van der Waals surface area contributed by atoms with Crippen molar-refractivity contribution in [3.63, 3.8) is 0 Å². The molecule has 0 saturated carbocycles. The molecule has 1 aromatic carbocycles. The maximum atomic E-state index is 6.74. The van der Waals surface area contributed by atoms with Gasteiger partial charge in [0, 0.05) is 0 Å². The van der Waals surface area contributed by atoms with Crippen molar-refractivity contribution in [2.45, 2.75) is 64.3 Å². The number of fused-ring (bicyclic) bond motifs is 1. The van der Waals surface area contributed by atoms with Crippen molar-refractivity contribution in [2.24, 2.45) is 0 Å². The van der Waals surface area contributed by atoms with Gasteiger partial charge in [-0.05, 0) is 54.6 Å². The van der Waals surface area contributed by atoms with Crippen LogP contribution in [-0.2, 0) is 10.8 Å². The number of ether oxygens (including phenoxy) is 1. The van der Waals surface area contributed by atoms with Crippen molar-refractivity contribution >= 4 is 8.32 Å². The van der Waals surface area contributed by atoms with Gasteiger partial charge in [0.1, 0.15) is 5.75 Å². The van der Waals surface area contributed by atoms with Gasteiger partial charge < -0.3 is 9.16 Å². The molecule has 2 rings (SSSR count). The van der Waals surface area contributed by atoms with Crippen LogP contribution in [0.1, 0.15) is 50.8 Å². The van der Waals surface area contributed by atoms with Gasteiger partial charge in [-0.1, -0.05) is 32.9 Å². The van der Waals surface area contributed by atoms with E-state index in [1.807, 2.05) is 0 Å². The Labute approximate surface area is 124 Å². The summed E-state index contributed by atoms with van der Waals surface area (Å²) in [5.41, 5.74) is 2.75. The lowest BCUT2D eigenvalue weighted by atomic mass is 9.89. The Hall–Kier alpha value is -0.803. The largest absolute Gasteiger partial charge is 0.496 e. The van der Waals surface area contributed by atoms with Gasteiger partial charge in [-0.25, -0.2) is 0 Å². The fraction of sp³-hybridized carbons (Fsp3) is 0.647. The summed E-state index contributed by atoms with van der Waals surface area (Å²) in [7, 11) is 0.225. The molecule has 3 heteroatoms. The average molecular weight is 292 g/mol. The van der Waals surface area contributed by atoms with E-state index in [1.54, 1.807) is 7.11 Å². The summed E-state index contributed by atoms with van der Waals surface area (Å²) in [5.74, 6) is 1.03. The second-order valence-electron chi connectivity index (χ2n) is 5.77. The summed E-state index contributed by atoms with van der Waals surface area (Å²) in [4.78, 5) is 0. The first-order chi connectivity index (χ1) is 9.69. The highest BCUT2D eigenvalue weighted by Crippen LogP contribution is 2.40. The van der Waals surface area contributed by atoms with Crippen LogP contribution >= 0.6 is 0 Å². The van der Waals surface area contributed by atoms with E-state index in [-0.39, 0.29) is 0 Å². The van der Waals surface area contributed by atoms with Crippen LogP contribution in [0.15, 0.2) is 18.2 Å². The van der Waals surface area contributed by atoms with E-state index in [0.717, 1.165) is 18.6 Å². The van der Waals surface area contributed by atoms with Crippen LogP contribution in [0.3, 0.4) is 0 Å². The Morgan fingerprint density at radius 1 is 1.15 bits per heavy atom. The van der Waals surface area contributed by atoms with E-state index in [4.69, 9.17) is 9.16 Å². The van der Waals surface area contributed by atoms with Gasteiger partial charge in [-0.2, -0.15) is 0 Å². The minimum absolute atomic E-state index is 0.292. The molecule has 0 saturated heterocycles. The smallest absolute Gasteiger partial charge is 0.192 e. The molecule has 20 heavy (non-hydrogen) atoms. The highest BCUT2D eigenvalue weighted by Gasteiger charge is 2.34. The summed E-state index contributed by atoms with van der Waals surface area (Å²) in [5, 5.41) is 0. The van der Waals surface area contributed by atoms with Gasteiger partial charge in [-0.15, -0.1) is 0 Å². The lowest BCUT2D eigenvalue weighted by molar-refractivity contribution is 0.167. The van der Waals surface area contributed by atoms with Crippen molar-refractivity contribution < 1.29 is 9.16 Å². The lowest BCUT2D eigenvalue weighted by Gasteiger charge is -2.36. The molecule has 1 atom stereocenters. The Morgan fingerprint density at radius 2 is 1.85 bits per heavy atom. The zero-order valence-corrected chi connectivity index (χ0v) is 14.4. The Balaban J connectivity index is 2.29. The van der Waals surface area contributed by atoms with E-state index in [9.17, 15) is 0 Å². The molecular formula is C17H28O2Si. The van der Waals surface area contributed by atoms with E-state index in [0.29, 0.717) is 6.10 Å². The third-order valence-corrected chi connectivity index (χ3v) is 9.60. The minimum atomic E-state index is -1.54. The molecule has 0 bridgehead atoms. The lowest BCUT2D eigenvalue weighted by Crippen LogP contribution is -2.38. The Kier molecular flexibility index (Phi) is 5.27. The van der Waals surface area contributed by atoms with Crippen molar-refractivity contribution in [2.75, 3.05) is 7.11 Å². The standard InChI is InChI=1S/C17H28O2Si/c1-5-20(6-2,7-3)19-17-13-9-10-14-15(17)11-8-12-16(14)18-4/h8,11-12,17H,5-7,9-10,13H2,1-4H3. The van der Waals surface area contributed by atoms with Gasteiger partial charge in [-0.3, -0.25) is 0 Å². The summed E-state index contributed by atoms with van der Waals surface area (Å²) < 4.78 is 12.3. The van der Waals surface area contributed by atoms with Crippen molar-refractivity contribution in [1.29, 1.82) is 0 Å². The predicted molar refractivity (Wildman–Crippen MR) is 87.0 cm³/mol. The molecule has 1 aliphatic carbocycles. The van der Waals surface area contributed by atoms with Crippen LogP contribution in [-0.4, -0.2) is 15.4 Å². The molecule has 0 fully saturated rings. The molecule has 0 aromatic heterocycles. The summed E-state index contributed by atoms with van der Waals surface area (Å²) >= 11 is 0. The van der Waals surface area contributed by atoms with Crippen LogP contribution in [0.5, 0.6) is 5.75 Å². The number of benzene rings is 1. The van der Waals surface area contributed by atoms with Gasteiger partial charge in [0.05, 0.1) is 13.2 Å². The SMILES string of the molecule is CC[Si](CC)(CC)OC1CCCc2c(OC)cccc21. The molecule has 1 aromatic rings. The number of hydrogen-bond acceptors (Lipinski definition) is 2. The minimum Gasteiger partial charge on any atom is -0.496 e. The zero-order chi connectivity index (χ0) is 14.6. The van der Waals surface area contributed by atoms with Crippen molar-refractivity contribution in [1.82, 2.24) is 0 Å². The van der Waals surface area contributed by atoms with Gasteiger partial charge in [0.25, 0.3) is 0 Å². The Morgan fingerprint density at radius 3 is 2.45 bits per heavy atom. The third-order valence-electron chi connectivity index (χ3n) is 4.95. The molecular weight excluding hydrogens is 264 g/mol. The molecule has 1 aliphatic rings. The fourth-order valence-electron chi connectivity index (χ4n) is 3.39. The monoisotopic (exact) mass is 292 g/mol. The van der Waals surface area contributed by atoms with Gasteiger partial charge in [0.2, 0.25) is 0 Å². The van der Waals surface area contributed by atoms with E-state index in [2.05, 4.69) is 39.0 Å². The molecule has 0 spiro atoms. The topological polar surface area (TPSA) is 18.5 Å². The Bertz CT molecular complexity index is 432. The molecule has 1 unspecified atom stereocenters. The second-order valence-corrected chi connectivity index (χ2v) is 10.5. The quantitative estimate of drug-likeness (QED) is 0.680. The summed E-state index contributed by atoms with van der Waals surface area (Å²) in [6.07, 6.45) is 3.78. The highest BCUT2D eigenvalue weighted by molar-refractivity contribution is 6.73. The molecule has 0 aliphatic heterocycles. The fourth-order valence-corrected chi connectivity index (χ4v) is 6.24. The molecule has 0 N–H and O–H groups in total. The molecule has 0 radical (unpaired) electrons. The summed E-state index contributed by atoms with van der Waals surface area (Å²) in [6, 6.07) is 10.1. The van der Waals surface area contributed by atoms with E-state index < -0.39 is 8.32 Å². The second kappa shape index (κ2) is 6.77. The van der Waals surface area contributed by atoms with Crippen LogP contribution in [0.2, 0.25) is 18.1 Å². The highest BCUT2D eigenvalue weighted by atomic mass is 28.4. The van der Waals surface area contributed by atoms with Crippen LogP contribution in [0.25, 0.3) is 0 Å². The van der Waals surface area contributed by atoms with E-state index in [1.165, 1.54) is 35.7 Å². The molecule has 0 amide bonds. The number of hydrogen-bond donors (Lipinski definition) is 0. The number of methoxy groups -OCH3 is 1. The first kappa shape index (κ1) is 15.6. The first-order valence-electron chi connectivity index (χ1n) is 8.03. The van der Waals surface area contributed by atoms with Crippen LogP contribution in [0.4, 0.5) is 0 Å². The van der Waals surface area contributed by atoms with Gasteiger partial charge in [0.15, 0.2) is 8.32 Å². The number of rotatable bonds is 6. The maximum Gasteiger partial charge on any atom is 0.192 e. The molecule has 2 nitrogen and oxygen atoms in total. The van der Waals surface area contributed by atoms with Crippen LogP contribution < -0.4 is 4.74 Å². The van der Waals surface area contributed by atoms with Crippen molar-refractivity contribution in [3.05, 3.63) is 29.3 Å².